The number of hydrogen-bond acceptors (Lipinski definition) is 7. The lowest BCUT2D eigenvalue weighted by Gasteiger charge is -2.12. The van der Waals surface area contributed by atoms with Crippen LogP contribution < -0.4 is 11.1 Å². The van der Waals surface area contributed by atoms with E-state index in [2.05, 4.69) is 20.3 Å². The maximum absolute atomic E-state index is 5.83. The van der Waals surface area contributed by atoms with Crippen LogP contribution in [0.5, 0.6) is 0 Å². The standard InChI is InChI=1S/C15H22N6O2/c1-22-5-3-21-10-17-7-12(21)8-18-14-6-13(19-15(16)20-14)11-2-4-23-9-11/h6-7,10-11H,2-5,8-9H2,1H3,(H3,16,18,19,20). The van der Waals surface area contributed by atoms with E-state index in [9.17, 15) is 0 Å². The Morgan fingerprint density at radius 2 is 2.39 bits per heavy atom. The highest BCUT2D eigenvalue weighted by Gasteiger charge is 2.20. The summed E-state index contributed by atoms with van der Waals surface area (Å²) in [6.07, 6.45) is 4.60. The molecule has 1 aliphatic heterocycles. The molecule has 0 aromatic carbocycles. The summed E-state index contributed by atoms with van der Waals surface area (Å²) in [6.45, 7) is 3.50. The third-order valence-electron chi connectivity index (χ3n) is 3.90. The van der Waals surface area contributed by atoms with Crippen LogP contribution in [-0.4, -0.2) is 46.4 Å². The zero-order valence-electron chi connectivity index (χ0n) is 13.2. The third-order valence-corrected chi connectivity index (χ3v) is 3.90. The van der Waals surface area contributed by atoms with Crippen LogP contribution in [0.4, 0.5) is 11.8 Å². The molecule has 1 aliphatic rings. The Bertz CT molecular complexity index is 639. The molecule has 0 saturated carbocycles. The summed E-state index contributed by atoms with van der Waals surface area (Å²) in [6, 6.07) is 1.95. The van der Waals surface area contributed by atoms with E-state index in [0.29, 0.717) is 25.7 Å². The number of nitrogens with two attached hydrogens (primary N) is 1. The Hall–Kier alpha value is -2.19. The normalized spacial score (nSPS) is 17.5. The molecule has 2 aromatic heterocycles. The Balaban J connectivity index is 1.67. The van der Waals surface area contributed by atoms with E-state index in [4.69, 9.17) is 15.2 Å². The number of ether oxygens (including phenoxy) is 2. The Morgan fingerprint density at radius 1 is 1.48 bits per heavy atom. The molecule has 8 nitrogen and oxygen atoms in total. The maximum Gasteiger partial charge on any atom is 0.222 e. The van der Waals surface area contributed by atoms with Crippen molar-refractivity contribution in [2.45, 2.75) is 25.4 Å². The fraction of sp³-hybridized carbons (Fsp3) is 0.533. The minimum Gasteiger partial charge on any atom is -0.383 e. The summed E-state index contributed by atoms with van der Waals surface area (Å²) in [5.41, 5.74) is 7.83. The van der Waals surface area contributed by atoms with Gasteiger partial charge >= 0.3 is 0 Å². The van der Waals surface area contributed by atoms with Crippen molar-refractivity contribution in [1.82, 2.24) is 19.5 Å². The van der Waals surface area contributed by atoms with Gasteiger partial charge in [0.05, 0.1) is 37.5 Å². The van der Waals surface area contributed by atoms with Crippen LogP contribution in [0, 0.1) is 0 Å². The van der Waals surface area contributed by atoms with Crippen LogP contribution in [0.3, 0.4) is 0 Å². The largest absolute Gasteiger partial charge is 0.383 e. The first-order valence-electron chi connectivity index (χ1n) is 7.70. The highest BCUT2D eigenvalue weighted by molar-refractivity contribution is 5.42. The van der Waals surface area contributed by atoms with Gasteiger partial charge in [0.2, 0.25) is 5.95 Å². The van der Waals surface area contributed by atoms with Gasteiger partial charge in [-0.2, -0.15) is 4.98 Å². The zero-order chi connectivity index (χ0) is 16.1. The molecule has 1 atom stereocenters. The van der Waals surface area contributed by atoms with Crippen molar-refractivity contribution in [2.24, 2.45) is 0 Å². The van der Waals surface area contributed by atoms with E-state index in [1.807, 2.05) is 16.8 Å². The van der Waals surface area contributed by atoms with Crippen LogP contribution in [-0.2, 0) is 22.6 Å². The topological polar surface area (TPSA) is 100 Å². The van der Waals surface area contributed by atoms with Gasteiger partial charge in [0.25, 0.3) is 0 Å². The summed E-state index contributed by atoms with van der Waals surface area (Å²) in [4.78, 5) is 12.8. The highest BCUT2D eigenvalue weighted by Crippen LogP contribution is 2.25. The van der Waals surface area contributed by atoms with E-state index >= 15 is 0 Å². The summed E-state index contributed by atoms with van der Waals surface area (Å²) in [5, 5.41) is 3.29. The van der Waals surface area contributed by atoms with Crippen molar-refractivity contribution in [3.8, 4) is 0 Å². The van der Waals surface area contributed by atoms with Gasteiger partial charge in [-0.25, -0.2) is 9.97 Å². The van der Waals surface area contributed by atoms with Crippen molar-refractivity contribution in [2.75, 3.05) is 38.0 Å². The van der Waals surface area contributed by atoms with Crippen molar-refractivity contribution in [1.29, 1.82) is 0 Å². The molecule has 0 aliphatic carbocycles. The lowest BCUT2D eigenvalue weighted by Crippen LogP contribution is -2.12. The fourth-order valence-corrected chi connectivity index (χ4v) is 2.62. The summed E-state index contributed by atoms with van der Waals surface area (Å²) >= 11 is 0. The van der Waals surface area contributed by atoms with Crippen LogP contribution in [0.25, 0.3) is 0 Å². The van der Waals surface area contributed by atoms with E-state index < -0.39 is 0 Å². The molecule has 0 radical (unpaired) electrons. The molecular weight excluding hydrogens is 296 g/mol. The second-order valence-electron chi connectivity index (χ2n) is 5.52. The second-order valence-corrected chi connectivity index (χ2v) is 5.52. The van der Waals surface area contributed by atoms with Gasteiger partial charge in [-0.3, -0.25) is 0 Å². The Kier molecular flexibility index (Phi) is 5.04. The van der Waals surface area contributed by atoms with E-state index in [1.54, 1.807) is 13.4 Å². The van der Waals surface area contributed by atoms with Crippen LogP contribution in [0.2, 0.25) is 0 Å². The molecule has 1 saturated heterocycles. The number of nitrogen functional groups attached to an aromatic ring is 1. The average molecular weight is 318 g/mol. The van der Waals surface area contributed by atoms with Crippen LogP contribution >= 0.6 is 0 Å². The van der Waals surface area contributed by atoms with Crippen LogP contribution in [0.1, 0.15) is 23.7 Å². The molecule has 124 valence electrons. The maximum atomic E-state index is 5.83. The molecular formula is C15H22N6O2. The molecule has 1 unspecified atom stereocenters. The summed E-state index contributed by atoms with van der Waals surface area (Å²) in [5.74, 6) is 1.30. The number of rotatable bonds is 7. The first-order valence-corrected chi connectivity index (χ1v) is 7.70. The third kappa shape index (κ3) is 3.96. The lowest BCUT2D eigenvalue weighted by molar-refractivity contribution is 0.186. The second kappa shape index (κ2) is 7.38. The monoisotopic (exact) mass is 318 g/mol. The number of methoxy groups -OCH3 is 1. The van der Waals surface area contributed by atoms with Crippen molar-refractivity contribution in [3.63, 3.8) is 0 Å². The number of imidazole rings is 1. The quantitative estimate of drug-likeness (QED) is 0.786. The fourth-order valence-electron chi connectivity index (χ4n) is 2.62. The van der Waals surface area contributed by atoms with Gasteiger partial charge in [-0.05, 0) is 6.42 Å². The average Bonchev–Trinajstić information content (AvgIpc) is 3.22. The minimum absolute atomic E-state index is 0.282. The zero-order valence-corrected chi connectivity index (χ0v) is 13.2. The SMILES string of the molecule is COCCn1cncc1CNc1cc(C2CCOC2)nc(N)n1. The van der Waals surface area contributed by atoms with Crippen LogP contribution in [0.15, 0.2) is 18.6 Å². The first-order chi connectivity index (χ1) is 11.3. The number of anilines is 2. The number of hydrogen-bond donors (Lipinski definition) is 2. The molecule has 23 heavy (non-hydrogen) atoms. The number of nitrogens with one attached hydrogen (secondary N) is 1. The molecule has 3 rings (SSSR count). The highest BCUT2D eigenvalue weighted by atomic mass is 16.5. The van der Waals surface area contributed by atoms with Gasteiger partial charge in [0, 0.05) is 38.4 Å². The molecule has 1 fully saturated rings. The Morgan fingerprint density at radius 3 is 3.17 bits per heavy atom. The summed E-state index contributed by atoms with van der Waals surface area (Å²) < 4.78 is 12.6. The first kappa shape index (κ1) is 15.7. The molecule has 0 amide bonds. The predicted molar refractivity (Wildman–Crippen MR) is 86.1 cm³/mol. The molecule has 0 spiro atoms. The van der Waals surface area contributed by atoms with E-state index in [-0.39, 0.29) is 5.95 Å². The molecule has 3 heterocycles. The predicted octanol–water partition coefficient (Wildman–Crippen LogP) is 1.02. The molecule has 8 heteroatoms. The van der Waals surface area contributed by atoms with Gasteiger partial charge < -0.3 is 25.1 Å². The van der Waals surface area contributed by atoms with Crippen molar-refractivity contribution >= 4 is 11.8 Å². The number of aromatic nitrogens is 4. The van der Waals surface area contributed by atoms with Crippen molar-refractivity contribution < 1.29 is 9.47 Å². The van der Waals surface area contributed by atoms with Gasteiger partial charge in [0.15, 0.2) is 0 Å². The molecule has 2 aromatic rings. The van der Waals surface area contributed by atoms with E-state index in [1.165, 1.54) is 0 Å². The summed E-state index contributed by atoms with van der Waals surface area (Å²) in [7, 11) is 1.69. The Labute approximate surface area is 135 Å². The van der Waals surface area contributed by atoms with E-state index in [0.717, 1.165) is 36.8 Å². The minimum atomic E-state index is 0.282. The molecule has 3 N–H and O–H groups in total. The van der Waals surface area contributed by atoms with Gasteiger partial charge in [-0.15, -0.1) is 0 Å². The van der Waals surface area contributed by atoms with Gasteiger partial charge in [0.1, 0.15) is 5.82 Å². The van der Waals surface area contributed by atoms with Gasteiger partial charge in [-0.1, -0.05) is 0 Å². The smallest absolute Gasteiger partial charge is 0.222 e. The van der Waals surface area contributed by atoms with Crippen molar-refractivity contribution in [3.05, 3.63) is 30.0 Å². The lowest BCUT2D eigenvalue weighted by atomic mass is 10.0. The molecule has 0 bridgehead atoms. The number of nitrogens with zero attached hydrogens (tertiary/aromatic N) is 4.